The zero-order chi connectivity index (χ0) is 16.3. The van der Waals surface area contributed by atoms with E-state index in [-0.39, 0.29) is 17.7 Å². The van der Waals surface area contributed by atoms with Crippen molar-refractivity contribution in [1.29, 1.82) is 0 Å². The summed E-state index contributed by atoms with van der Waals surface area (Å²) in [6.45, 7) is 8.40. The first-order valence-electron chi connectivity index (χ1n) is 9.41. The monoisotopic (exact) mass is 324 g/mol. The molecule has 1 amide bonds. The molecule has 0 spiro atoms. The van der Waals surface area contributed by atoms with Gasteiger partial charge in [-0.15, -0.1) is 0 Å². The predicted molar refractivity (Wildman–Crippen MR) is 89.6 cm³/mol. The maximum Gasteiger partial charge on any atom is 0.409 e. The number of carbonyl (C=O) groups excluding carboxylic acids is 1. The molecule has 3 fully saturated rings. The number of likely N-dealkylation sites (tertiary alicyclic amines) is 1. The second-order valence-corrected chi connectivity index (χ2v) is 7.70. The predicted octanol–water partition coefficient (Wildman–Crippen LogP) is 3.03. The molecule has 5 heteroatoms. The van der Waals surface area contributed by atoms with Gasteiger partial charge in [0.2, 0.25) is 0 Å². The van der Waals surface area contributed by atoms with Crippen molar-refractivity contribution < 1.29 is 14.3 Å². The summed E-state index contributed by atoms with van der Waals surface area (Å²) in [4.78, 5) is 16.6. The molecule has 2 atom stereocenters. The minimum absolute atomic E-state index is 0.111. The zero-order valence-electron chi connectivity index (χ0n) is 14.8. The first-order chi connectivity index (χ1) is 11.1. The summed E-state index contributed by atoms with van der Waals surface area (Å²) in [6, 6.07) is 0.377. The third kappa shape index (κ3) is 3.82. The van der Waals surface area contributed by atoms with Gasteiger partial charge in [-0.3, -0.25) is 4.90 Å². The van der Waals surface area contributed by atoms with E-state index in [1.807, 2.05) is 4.90 Å². The first-order valence-corrected chi connectivity index (χ1v) is 9.41. The highest BCUT2D eigenvalue weighted by molar-refractivity contribution is 5.67. The Hall–Kier alpha value is -0.810. The van der Waals surface area contributed by atoms with Crippen molar-refractivity contribution in [2.24, 2.45) is 0 Å². The Morgan fingerprint density at radius 3 is 2.65 bits per heavy atom. The number of nitrogens with zero attached hydrogens (tertiary/aromatic N) is 2. The van der Waals surface area contributed by atoms with Crippen LogP contribution in [0.15, 0.2) is 0 Å². The van der Waals surface area contributed by atoms with E-state index in [9.17, 15) is 4.79 Å². The Labute approximate surface area is 140 Å². The smallest absolute Gasteiger partial charge is 0.409 e. The summed E-state index contributed by atoms with van der Waals surface area (Å²) in [5.41, 5.74) is 0.201. The van der Waals surface area contributed by atoms with Crippen molar-refractivity contribution in [3.05, 3.63) is 0 Å². The Bertz CT molecular complexity index is 409. The molecule has 0 saturated carbocycles. The Balaban J connectivity index is 1.50. The molecule has 0 aromatic carbocycles. The quantitative estimate of drug-likeness (QED) is 0.779. The van der Waals surface area contributed by atoms with E-state index in [0.717, 1.165) is 45.5 Å². The fraction of sp³-hybridized carbons (Fsp3) is 0.944. The van der Waals surface area contributed by atoms with Crippen molar-refractivity contribution in [3.63, 3.8) is 0 Å². The van der Waals surface area contributed by atoms with Gasteiger partial charge in [-0.25, -0.2) is 4.79 Å². The third-order valence-corrected chi connectivity index (χ3v) is 5.73. The zero-order valence-corrected chi connectivity index (χ0v) is 14.8. The molecule has 3 saturated heterocycles. The van der Waals surface area contributed by atoms with Gasteiger partial charge in [0.25, 0.3) is 0 Å². The van der Waals surface area contributed by atoms with E-state index >= 15 is 0 Å². The molecule has 5 nitrogen and oxygen atoms in total. The molecule has 0 bridgehead atoms. The van der Waals surface area contributed by atoms with Crippen molar-refractivity contribution >= 4 is 6.09 Å². The number of fused-ring (bicyclic) bond motifs is 1. The second-order valence-electron chi connectivity index (χ2n) is 7.70. The highest BCUT2D eigenvalue weighted by Crippen LogP contribution is 2.42. The minimum Gasteiger partial charge on any atom is -0.448 e. The van der Waals surface area contributed by atoms with Crippen molar-refractivity contribution in [3.8, 4) is 0 Å². The normalized spacial score (nSPS) is 31.6. The molecular formula is C18H32N2O3. The average molecular weight is 324 g/mol. The fourth-order valence-corrected chi connectivity index (χ4v) is 4.45. The lowest BCUT2D eigenvalue weighted by Gasteiger charge is -2.35. The molecule has 3 rings (SSSR count). The lowest BCUT2D eigenvalue weighted by molar-refractivity contribution is -0.0129. The largest absolute Gasteiger partial charge is 0.448 e. The molecule has 0 aromatic heterocycles. The van der Waals surface area contributed by atoms with Gasteiger partial charge in [0.15, 0.2) is 0 Å². The van der Waals surface area contributed by atoms with Gasteiger partial charge in [-0.2, -0.15) is 0 Å². The van der Waals surface area contributed by atoms with Crippen LogP contribution < -0.4 is 0 Å². The molecule has 0 aromatic rings. The number of ether oxygens (including phenoxy) is 2. The van der Waals surface area contributed by atoms with E-state index < -0.39 is 0 Å². The van der Waals surface area contributed by atoms with Crippen LogP contribution in [-0.4, -0.2) is 66.4 Å². The number of piperidine rings is 1. The maximum atomic E-state index is 12.2. The number of hydrogen-bond acceptors (Lipinski definition) is 4. The van der Waals surface area contributed by atoms with Crippen LogP contribution in [-0.2, 0) is 9.47 Å². The van der Waals surface area contributed by atoms with Gasteiger partial charge < -0.3 is 14.4 Å². The summed E-state index contributed by atoms with van der Waals surface area (Å²) in [5, 5.41) is 0. The topological polar surface area (TPSA) is 42.0 Å². The molecule has 132 valence electrons. The number of carbonyl (C=O) groups is 1. The Kier molecular flexibility index (Phi) is 5.47. The molecule has 0 radical (unpaired) electrons. The van der Waals surface area contributed by atoms with Crippen LogP contribution in [0.3, 0.4) is 0 Å². The minimum atomic E-state index is -0.111. The number of hydrogen-bond donors (Lipinski definition) is 0. The molecule has 3 aliphatic rings. The number of amides is 1. The summed E-state index contributed by atoms with van der Waals surface area (Å²) in [7, 11) is 0. The summed E-state index contributed by atoms with van der Waals surface area (Å²) >= 11 is 0. The van der Waals surface area contributed by atoms with Crippen LogP contribution in [0.1, 0.15) is 58.8 Å². The van der Waals surface area contributed by atoms with Crippen LogP contribution >= 0.6 is 0 Å². The van der Waals surface area contributed by atoms with Crippen LogP contribution in [0, 0.1) is 0 Å². The van der Waals surface area contributed by atoms with Crippen molar-refractivity contribution in [2.45, 2.75) is 76.5 Å². The first kappa shape index (κ1) is 17.0. The van der Waals surface area contributed by atoms with E-state index in [0.29, 0.717) is 12.6 Å². The molecule has 0 aliphatic carbocycles. The van der Waals surface area contributed by atoms with Crippen molar-refractivity contribution in [2.75, 3.05) is 32.8 Å². The van der Waals surface area contributed by atoms with E-state index in [2.05, 4.69) is 18.7 Å². The van der Waals surface area contributed by atoms with Crippen LogP contribution in [0.25, 0.3) is 0 Å². The molecule has 3 aliphatic heterocycles. The van der Waals surface area contributed by atoms with E-state index in [1.54, 1.807) is 0 Å². The van der Waals surface area contributed by atoms with Gasteiger partial charge >= 0.3 is 6.09 Å². The van der Waals surface area contributed by atoms with Crippen molar-refractivity contribution in [1.82, 2.24) is 9.80 Å². The van der Waals surface area contributed by atoms with Crippen LogP contribution in [0.4, 0.5) is 4.79 Å². The summed E-state index contributed by atoms with van der Waals surface area (Å²) < 4.78 is 11.6. The standard InChI is InChI=1S/C18H32N2O3/c1-15(2)23-14-18-8-6-12-20(18)16(7-9-18)13-22-17(21)19-10-4-3-5-11-19/h15-16H,3-14H2,1-2H3/t16-,18-/m1/s1. The lowest BCUT2D eigenvalue weighted by atomic mass is 9.95. The second kappa shape index (κ2) is 7.39. The maximum absolute atomic E-state index is 12.2. The highest BCUT2D eigenvalue weighted by atomic mass is 16.6. The molecule has 3 heterocycles. The fourth-order valence-electron chi connectivity index (χ4n) is 4.45. The van der Waals surface area contributed by atoms with Gasteiger partial charge in [0.05, 0.1) is 12.7 Å². The molecule has 23 heavy (non-hydrogen) atoms. The SMILES string of the molecule is CC(C)OC[C@]12CCCN1[C@@H](COC(=O)N1CCCCC1)CC2. The number of rotatable bonds is 5. The lowest BCUT2D eigenvalue weighted by Crippen LogP contribution is -2.48. The molecule has 0 N–H and O–H groups in total. The van der Waals surface area contributed by atoms with Gasteiger partial charge in [-0.1, -0.05) is 0 Å². The summed E-state index contributed by atoms with van der Waals surface area (Å²) in [5.74, 6) is 0. The van der Waals surface area contributed by atoms with Crippen LogP contribution in [0.2, 0.25) is 0 Å². The van der Waals surface area contributed by atoms with Gasteiger partial charge in [0.1, 0.15) is 6.61 Å². The Morgan fingerprint density at radius 2 is 1.91 bits per heavy atom. The third-order valence-electron chi connectivity index (χ3n) is 5.73. The Morgan fingerprint density at radius 1 is 1.13 bits per heavy atom. The van der Waals surface area contributed by atoms with Gasteiger partial charge in [0, 0.05) is 24.7 Å². The van der Waals surface area contributed by atoms with E-state index in [4.69, 9.17) is 9.47 Å². The summed E-state index contributed by atoms with van der Waals surface area (Å²) in [6.07, 6.45) is 8.37. The highest BCUT2D eigenvalue weighted by Gasteiger charge is 2.49. The van der Waals surface area contributed by atoms with Gasteiger partial charge in [-0.05, 0) is 65.3 Å². The molecular weight excluding hydrogens is 292 g/mol. The van der Waals surface area contributed by atoms with Crippen LogP contribution in [0.5, 0.6) is 0 Å². The van der Waals surface area contributed by atoms with E-state index in [1.165, 1.54) is 25.7 Å². The average Bonchev–Trinajstić information content (AvgIpc) is 3.11. The molecule has 0 unspecified atom stereocenters.